The van der Waals surface area contributed by atoms with Crippen molar-refractivity contribution in [1.29, 1.82) is 0 Å². The number of carbonyl (C=O) groups excluding carboxylic acids is 3. The Labute approximate surface area is 203 Å². The number of phosphoric ester groups is 3. The first-order chi connectivity index (χ1) is 16.3. The second-order valence-electron chi connectivity index (χ2n) is 7.11. The van der Waals surface area contributed by atoms with E-state index in [-0.39, 0.29) is 19.3 Å². The number of hydrogen-bond acceptors (Lipinski definition) is 12. The van der Waals surface area contributed by atoms with Crippen molar-refractivity contribution in [1.82, 2.24) is 0 Å². The van der Waals surface area contributed by atoms with Gasteiger partial charge in [-0.05, 0) is 0 Å². The average Bonchev–Trinajstić information content (AvgIpc) is 2.72. The van der Waals surface area contributed by atoms with Gasteiger partial charge in [-0.1, -0.05) is 20.8 Å². The Morgan fingerprint density at radius 3 is 0.889 bits per heavy atom. The summed E-state index contributed by atoms with van der Waals surface area (Å²) < 4.78 is 63.8. The van der Waals surface area contributed by atoms with E-state index in [2.05, 4.69) is 13.6 Å². The minimum absolute atomic E-state index is 0.351. The predicted molar refractivity (Wildman–Crippen MR) is 111 cm³/mol. The molecular weight excluding hydrogens is 561 g/mol. The summed E-state index contributed by atoms with van der Waals surface area (Å²) in [6.07, 6.45) is -15.1. The molecule has 0 heterocycles. The monoisotopic (exact) mass is 588 g/mol. The van der Waals surface area contributed by atoms with Gasteiger partial charge in [-0.25, -0.2) is 13.7 Å². The maximum Gasteiger partial charge on any atom is 0.470 e. The van der Waals surface area contributed by atoms with E-state index in [1.165, 1.54) is 20.8 Å². The van der Waals surface area contributed by atoms with Gasteiger partial charge in [0.25, 0.3) is 0 Å². The van der Waals surface area contributed by atoms with Crippen LogP contribution in [0.25, 0.3) is 0 Å². The van der Waals surface area contributed by atoms with Crippen LogP contribution in [0.1, 0.15) is 40.0 Å². The van der Waals surface area contributed by atoms with E-state index in [4.69, 9.17) is 14.2 Å². The lowest BCUT2D eigenvalue weighted by Gasteiger charge is -2.47. The molecule has 1 rings (SSSR count). The molecule has 1 fully saturated rings. The molecular formula is C15H27O18P3. The number of phosphoric acid groups is 3. The Morgan fingerprint density at radius 1 is 0.500 bits per heavy atom. The Bertz CT molecular complexity index is 880. The van der Waals surface area contributed by atoms with Gasteiger partial charge in [0.15, 0.2) is 18.3 Å². The third-order valence-corrected chi connectivity index (χ3v) is 5.94. The fourth-order valence-corrected chi connectivity index (χ4v) is 4.74. The Kier molecular flexibility index (Phi) is 11.8. The van der Waals surface area contributed by atoms with E-state index in [9.17, 15) is 57.4 Å². The van der Waals surface area contributed by atoms with E-state index >= 15 is 0 Å². The van der Waals surface area contributed by atoms with E-state index in [0.717, 1.165) is 0 Å². The average molecular weight is 588 g/mol. The van der Waals surface area contributed by atoms with Crippen LogP contribution >= 0.6 is 23.5 Å². The highest BCUT2D eigenvalue weighted by molar-refractivity contribution is 7.47. The van der Waals surface area contributed by atoms with E-state index in [1.807, 2.05) is 0 Å². The predicted octanol–water partition coefficient (Wildman–Crippen LogP) is -0.601. The lowest BCUT2D eigenvalue weighted by Crippen LogP contribution is -2.67. The van der Waals surface area contributed by atoms with Gasteiger partial charge in [-0.3, -0.25) is 28.0 Å². The summed E-state index contributed by atoms with van der Waals surface area (Å²) in [5.74, 6) is -3.29. The van der Waals surface area contributed by atoms with Gasteiger partial charge in [0.2, 0.25) is 0 Å². The molecule has 36 heavy (non-hydrogen) atoms. The lowest BCUT2D eigenvalue weighted by atomic mass is 9.84. The first-order valence-corrected chi connectivity index (χ1v) is 14.7. The van der Waals surface area contributed by atoms with Crippen molar-refractivity contribution in [3.8, 4) is 0 Å². The van der Waals surface area contributed by atoms with Crippen molar-refractivity contribution in [3.05, 3.63) is 0 Å². The molecule has 21 heteroatoms. The number of ether oxygens (including phenoxy) is 3. The Balaban J connectivity index is 3.93. The van der Waals surface area contributed by atoms with Crippen molar-refractivity contribution in [2.45, 2.75) is 76.7 Å². The largest absolute Gasteiger partial charge is 0.470 e. The van der Waals surface area contributed by atoms with Gasteiger partial charge in [0, 0.05) is 19.3 Å². The summed E-state index contributed by atoms with van der Waals surface area (Å²) in [4.78, 5) is 92.6. The quantitative estimate of drug-likeness (QED) is 0.0942. The summed E-state index contributed by atoms with van der Waals surface area (Å²) >= 11 is 0. The van der Waals surface area contributed by atoms with Crippen LogP contribution in [0.4, 0.5) is 0 Å². The summed E-state index contributed by atoms with van der Waals surface area (Å²) in [7, 11) is -17.0. The fraction of sp³-hybridized carbons (Fsp3) is 0.800. The number of esters is 3. The van der Waals surface area contributed by atoms with Crippen molar-refractivity contribution in [3.63, 3.8) is 0 Å². The summed E-state index contributed by atoms with van der Waals surface area (Å²) in [6.45, 7) is 3.88. The van der Waals surface area contributed by atoms with Crippen LogP contribution in [0.2, 0.25) is 0 Å². The second-order valence-corrected chi connectivity index (χ2v) is 10.7. The van der Waals surface area contributed by atoms with Crippen LogP contribution in [0, 0.1) is 0 Å². The molecule has 6 N–H and O–H groups in total. The van der Waals surface area contributed by atoms with Crippen LogP contribution in [0.3, 0.4) is 0 Å². The van der Waals surface area contributed by atoms with Crippen LogP contribution in [-0.4, -0.2) is 83.9 Å². The SMILES string of the molecule is CCC(=O)OC1C(OC(=O)CC)C(OP(=O)(O)O)C(OP(=O)(O)O)C(OP(=O)(O)O)C1OC(=O)CC. The first kappa shape index (κ1) is 32.8. The van der Waals surface area contributed by atoms with Crippen molar-refractivity contribution in [2.75, 3.05) is 0 Å². The molecule has 4 atom stereocenters. The molecule has 0 radical (unpaired) electrons. The highest BCUT2D eigenvalue weighted by Gasteiger charge is 2.62. The molecule has 0 spiro atoms. The Morgan fingerprint density at radius 2 is 0.694 bits per heavy atom. The normalized spacial score (nSPS) is 27.2. The highest BCUT2D eigenvalue weighted by Crippen LogP contribution is 2.51. The maximum atomic E-state index is 12.1. The Hall–Kier alpha value is -1.26. The maximum absolute atomic E-state index is 12.1. The molecule has 1 aliphatic rings. The molecule has 1 aliphatic carbocycles. The van der Waals surface area contributed by atoms with Crippen LogP contribution < -0.4 is 0 Å². The first-order valence-electron chi connectivity index (χ1n) is 10.1. The van der Waals surface area contributed by atoms with E-state index < -0.39 is 78.0 Å². The molecule has 4 unspecified atom stereocenters. The van der Waals surface area contributed by atoms with Gasteiger partial charge < -0.3 is 43.6 Å². The molecule has 0 bridgehead atoms. The van der Waals surface area contributed by atoms with Crippen molar-refractivity contribution < 1.29 is 85.2 Å². The third-order valence-electron chi connectivity index (χ3n) is 4.39. The molecule has 0 aromatic carbocycles. The van der Waals surface area contributed by atoms with Crippen LogP contribution in [0.15, 0.2) is 0 Å². The summed E-state index contributed by atoms with van der Waals surface area (Å²) in [5, 5.41) is 0. The van der Waals surface area contributed by atoms with Gasteiger partial charge in [-0.15, -0.1) is 0 Å². The topological polar surface area (TPSA) is 279 Å². The van der Waals surface area contributed by atoms with Gasteiger partial charge in [0.1, 0.15) is 18.3 Å². The number of hydrogen-bond donors (Lipinski definition) is 6. The summed E-state index contributed by atoms with van der Waals surface area (Å²) in [5.41, 5.74) is 0. The highest BCUT2D eigenvalue weighted by atomic mass is 31.2. The fourth-order valence-electron chi connectivity index (χ4n) is 3.06. The zero-order valence-corrected chi connectivity index (χ0v) is 21.7. The second kappa shape index (κ2) is 13.0. The minimum atomic E-state index is -5.68. The molecule has 0 aromatic heterocycles. The third kappa shape index (κ3) is 10.6. The number of rotatable bonds is 12. The summed E-state index contributed by atoms with van der Waals surface area (Å²) in [6, 6.07) is 0. The zero-order chi connectivity index (χ0) is 28.1. The van der Waals surface area contributed by atoms with E-state index in [1.54, 1.807) is 0 Å². The van der Waals surface area contributed by atoms with Gasteiger partial charge in [0.05, 0.1) is 0 Å². The van der Waals surface area contributed by atoms with Gasteiger partial charge >= 0.3 is 41.4 Å². The van der Waals surface area contributed by atoms with Crippen molar-refractivity contribution in [2.24, 2.45) is 0 Å². The van der Waals surface area contributed by atoms with E-state index in [0.29, 0.717) is 0 Å². The van der Waals surface area contributed by atoms with Gasteiger partial charge in [-0.2, -0.15) is 0 Å². The molecule has 0 amide bonds. The zero-order valence-electron chi connectivity index (χ0n) is 19.0. The number of carbonyl (C=O) groups is 3. The minimum Gasteiger partial charge on any atom is -0.455 e. The molecule has 0 aromatic rings. The molecule has 0 saturated heterocycles. The standard InChI is InChI=1S/C15H27O18P3/c1-4-7(16)28-10-11(29-8(17)5-2)13(31-34(19,20)21)15(33-36(25,26)27)14(32-35(22,23)24)12(10)30-9(18)6-3/h10-15H,4-6H2,1-3H3,(H2,19,20,21)(H2,22,23,24)(H2,25,26,27). The van der Waals surface area contributed by atoms with Crippen LogP contribution in [0.5, 0.6) is 0 Å². The molecule has 0 aliphatic heterocycles. The lowest BCUT2D eigenvalue weighted by molar-refractivity contribution is -0.240. The molecule has 1 saturated carbocycles. The smallest absolute Gasteiger partial charge is 0.455 e. The molecule has 18 nitrogen and oxygen atoms in total. The van der Waals surface area contributed by atoms with Crippen LogP contribution in [-0.2, 0) is 55.9 Å². The molecule has 210 valence electrons. The van der Waals surface area contributed by atoms with Crippen molar-refractivity contribution >= 4 is 41.4 Å².